The van der Waals surface area contributed by atoms with E-state index in [0.717, 1.165) is 21.7 Å². The lowest BCUT2D eigenvalue weighted by atomic mass is 10.00. The molecule has 0 radical (unpaired) electrons. The molecule has 18 nitrogen and oxygen atoms in total. The lowest BCUT2D eigenvalue weighted by Crippen LogP contribution is -2.61. The van der Waals surface area contributed by atoms with Crippen molar-refractivity contribution in [3.63, 3.8) is 0 Å². The predicted molar refractivity (Wildman–Crippen MR) is 269 cm³/mol. The summed E-state index contributed by atoms with van der Waals surface area (Å²) in [4.78, 5) is 73.8. The summed E-state index contributed by atoms with van der Waals surface area (Å²) < 4.78 is 31.4. The molecule has 2 aromatic carbocycles. The fraction of sp³-hybridized carbons (Fsp3) is 0.521. The normalized spacial score (nSPS) is 18.3. The fourth-order valence-electron chi connectivity index (χ4n) is 8.23. The molecule has 378 valence electrons. The number of nitrogens with zero attached hydrogens (tertiary/aromatic N) is 6. The molecule has 0 spiro atoms. The van der Waals surface area contributed by atoms with Crippen LogP contribution in [0.5, 0.6) is 5.75 Å². The van der Waals surface area contributed by atoms with Crippen LogP contribution in [-0.4, -0.2) is 173 Å². The number of rotatable bonds is 23. The van der Waals surface area contributed by atoms with Gasteiger partial charge in [-0.1, -0.05) is 35.9 Å². The molecule has 1 aliphatic carbocycles. The van der Waals surface area contributed by atoms with Gasteiger partial charge in [-0.3, -0.25) is 24.1 Å². The van der Waals surface area contributed by atoms with Crippen LogP contribution in [-0.2, 0) is 30.4 Å². The second kappa shape index (κ2) is 23.8. The van der Waals surface area contributed by atoms with Crippen LogP contribution < -0.4 is 26.0 Å². The molecule has 7 rings (SSSR count). The maximum Gasteiger partial charge on any atom is 0.258 e. The van der Waals surface area contributed by atoms with Crippen molar-refractivity contribution in [1.29, 1.82) is 0 Å². The molecule has 70 heavy (non-hydrogen) atoms. The van der Waals surface area contributed by atoms with Crippen LogP contribution in [0, 0.1) is 6.92 Å². The number of amides is 4. The van der Waals surface area contributed by atoms with Gasteiger partial charge in [-0.2, -0.15) is 16.7 Å². The number of ether oxygens (including phenoxy) is 3. The third kappa shape index (κ3) is 13.4. The van der Waals surface area contributed by atoms with E-state index in [0.29, 0.717) is 98.7 Å². The van der Waals surface area contributed by atoms with Crippen molar-refractivity contribution >= 4 is 75.8 Å². The lowest BCUT2D eigenvalue weighted by Gasteiger charge is -2.37. The Balaban J connectivity index is 0.813. The standard InChI is InChI=1S/C48H62ClFN10O8S2/c1-30-39(69-29-54-30)32-8-6-31(7-9-32)26-52-42(62)37-25-34(61)28-60(37)44(64)40(56-45(65)48(50)12-13-48)47(2,3)70-23-22-68-21-20-67-19-18-58-14-16-59(17-15-58)43(63)33-10-11-36(38(24-33)66-5)55-46-53-27-35(49)41(51-4)57-46/h6-11,24,27,29,34,37,40,61H,12-23,25-26,28H2,1-5H3,(H,52,62)(H,56,65)(H2,51,53,55,57)/t34-,37?,40-/m1/s1. The van der Waals surface area contributed by atoms with Gasteiger partial charge in [0.15, 0.2) is 5.67 Å². The second-order valence-corrected chi connectivity index (χ2v) is 21.0. The Morgan fingerprint density at radius 1 is 1.03 bits per heavy atom. The third-order valence-corrected chi connectivity index (χ3v) is 15.2. The number of aromatic nitrogens is 3. The van der Waals surface area contributed by atoms with Crippen LogP contribution in [0.1, 0.15) is 54.7 Å². The van der Waals surface area contributed by atoms with E-state index in [9.17, 15) is 24.3 Å². The number of thioether (sulfide) groups is 1. The van der Waals surface area contributed by atoms with Crippen molar-refractivity contribution in [3.8, 4) is 16.2 Å². The molecule has 1 unspecified atom stereocenters. The number of carbonyl (C=O) groups excluding carboxylic acids is 4. The van der Waals surface area contributed by atoms with Crippen LogP contribution in [0.15, 0.2) is 54.2 Å². The van der Waals surface area contributed by atoms with Crippen LogP contribution in [0.4, 0.5) is 21.8 Å². The summed E-state index contributed by atoms with van der Waals surface area (Å²) in [6.45, 7) is 10.4. The first-order chi connectivity index (χ1) is 33.6. The minimum absolute atomic E-state index is 0.0317. The van der Waals surface area contributed by atoms with Crippen molar-refractivity contribution in [1.82, 2.24) is 40.3 Å². The molecule has 3 atom stereocenters. The van der Waals surface area contributed by atoms with Gasteiger partial charge < -0.3 is 50.4 Å². The smallest absolute Gasteiger partial charge is 0.258 e. The summed E-state index contributed by atoms with van der Waals surface area (Å²) >= 11 is 9.06. The van der Waals surface area contributed by atoms with E-state index >= 15 is 4.39 Å². The molecule has 22 heteroatoms. The van der Waals surface area contributed by atoms with Gasteiger partial charge in [0.25, 0.3) is 11.8 Å². The molecule has 2 aliphatic heterocycles. The summed E-state index contributed by atoms with van der Waals surface area (Å²) in [6, 6.07) is 10.8. The Hall–Kier alpha value is -5.16. The summed E-state index contributed by atoms with van der Waals surface area (Å²) in [7, 11) is 3.25. The van der Waals surface area contributed by atoms with Crippen molar-refractivity contribution in [2.24, 2.45) is 0 Å². The lowest BCUT2D eigenvalue weighted by molar-refractivity contribution is -0.143. The highest BCUT2D eigenvalue weighted by Gasteiger charge is 2.54. The number of likely N-dealkylation sites (tertiary alicyclic amines) is 1. The highest BCUT2D eigenvalue weighted by atomic mass is 35.5. The number of hydrogen-bond acceptors (Lipinski definition) is 16. The first-order valence-electron chi connectivity index (χ1n) is 23.3. The Labute approximate surface area is 420 Å². The zero-order chi connectivity index (χ0) is 50.0. The first-order valence-corrected chi connectivity index (χ1v) is 25.6. The van der Waals surface area contributed by atoms with E-state index in [2.05, 4.69) is 41.1 Å². The highest BCUT2D eigenvalue weighted by molar-refractivity contribution is 8.00. The number of carbonyl (C=O) groups is 4. The number of benzene rings is 2. The molecule has 4 heterocycles. The molecule has 0 bridgehead atoms. The number of aliphatic hydroxyl groups is 1. The third-order valence-electron chi connectivity index (χ3n) is 12.6. The Morgan fingerprint density at radius 3 is 2.43 bits per heavy atom. The minimum Gasteiger partial charge on any atom is -0.495 e. The molecule has 4 amide bonds. The van der Waals surface area contributed by atoms with Crippen molar-refractivity contribution in [3.05, 3.63) is 76.0 Å². The molecule has 5 N–H and O–H groups in total. The van der Waals surface area contributed by atoms with Gasteiger partial charge in [-0.15, -0.1) is 11.3 Å². The molecule has 2 saturated heterocycles. The van der Waals surface area contributed by atoms with E-state index in [1.54, 1.807) is 55.9 Å². The first kappa shape index (κ1) is 52.7. The van der Waals surface area contributed by atoms with Crippen molar-refractivity contribution < 1.29 is 42.9 Å². The number of β-amino-alcohol motifs (C(OH)–C–C–N with tert-alkyl or cyclic N) is 1. The van der Waals surface area contributed by atoms with Gasteiger partial charge in [0.05, 0.1) is 67.6 Å². The number of methoxy groups -OCH3 is 1. The quantitative estimate of drug-likeness (QED) is 0.0624. The molecular formula is C48H62ClFN10O8S2. The maximum absolute atomic E-state index is 15.0. The molecule has 2 aromatic heterocycles. The highest BCUT2D eigenvalue weighted by Crippen LogP contribution is 2.41. The summed E-state index contributed by atoms with van der Waals surface area (Å²) in [5, 5.41) is 22.7. The van der Waals surface area contributed by atoms with Crippen LogP contribution >= 0.6 is 34.7 Å². The van der Waals surface area contributed by atoms with Gasteiger partial charge in [0.2, 0.25) is 17.8 Å². The number of hydrogen-bond donors (Lipinski definition) is 5. The largest absolute Gasteiger partial charge is 0.495 e. The topological polar surface area (TPSA) is 213 Å². The van der Waals surface area contributed by atoms with E-state index in [-0.39, 0.29) is 38.3 Å². The second-order valence-electron chi connectivity index (χ2n) is 17.9. The maximum atomic E-state index is 15.0. The number of anilines is 3. The van der Waals surface area contributed by atoms with Crippen molar-refractivity contribution in [2.75, 3.05) is 96.2 Å². The Bertz CT molecular complexity index is 2460. The molecule has 3 aliphatic rings. The number of halogens is 2. The number of piperazine rings is 1. The van der Waals surface area contributed by atoms with Gasteiger partial charge in [-0.05, 0) is 62.9 Å². The predicted octanol–water partition coefficient (Wildman–Crippen LogP) is 4.92. The molecular weight excluding hydrogens is 963 g/mol. The van der Waals surface area contributed by atoms with E-state index in [1.165, 1.54) is 30.0 Å². The van der Waals surface area contributed by atoms with Gasteiger partial charge in [0, 0.05) is 75.3 Å². The molecule has 1 saturated carbocycles. The van der Waals surface area contributed by atoms with E-state index in [1.807, 2.05) is 36.1 Å². The van der Waals surface area contributed by atoms with Crippen LogP contribution in [0.25, 0.3) is 10.4 Å². The SMILES string of the molecule is CNc1nc(Nc2ccc(C(=O)N3CCN(CCOCCOCCSC(C)(C)[C@H](NC(=O)C4(F)CC4)C(=O)N4C[C@H](O)CC4C(=O)NCc4ccc(-c5scnc5C)cc4)CC3)cc2OC)ncc1Cl. The zero-order valence-corrected chi connectivity index (χ0v) is 42.5. The van der Waals surface area contributed by atoms with Crippen molar-refractivity contribution in [2.45, 2.75) is 75.2 Å². The van der Waals surface area contributed by atoms with Gasteiger partial charge in [-0.25, -0.2) is 14.4 Å². The minimum atomic E-state index is -2.03. The average Bonchev–Trinajstić information content (AvgIpc) is 3.77. The number of aryl methyl sites for hydroxylation is 1. The molecule has 3 fully saturated rings. The Morgan fingerprint density at radius 2 is 1.76 bits per heavy atom. The van der Waals surface area contributed by atoms with E-state index in [4.69, 9.17) is 25.8 Å². The summed E-state index contributed by atoms with van der Waals surface area (Å²) in [5.41, 5.74) is 3.71. The number of thiazole rings is 1. The number of nitrogens with one attached hydrogen (secondary N) is 4. The molecule has 4 aromatic rings. The number of alkyl halides is 1. The Kier molecular flexibility index (Phi) is 17.9. The number of aliphatic hydroxyl groups excluding tert-OH is 1. The zero-order valence-electron chi connectivity index (χ0n) is 40.1. The summed E-state index contributed by atoms with van der Waals surface area (Å²) in [5.74, 6) is -0.207. The monoisotopic (exact) mass is 1020 g/mol. The van der Waals surface area contributed by atoms with E-state index < -0.39 is 46.3 Å². The van der Waals surface area contributed by atoms with Gasteiger partial charge in [0.1, 0.15) is 28.7 Å². The van der Waals surface area contributed by atoms with Crippen LogP contribution in [0.2, 0.25) is 5.02 Å². The summed E-state index contributed by atoms with van der Waals surface area (Å²) in [6.07, 6.45) is 0.729. The van der Waals surface area contributed by atoms with Gasteiger partial charge >= 0.3 is 0 Å². The van der Waals surface area contributed by atoms with Crippen LogP contribution in [0.3, 0.4) is 0 Å². The fourth-order valence-corrected chi connectivity index (χ4v) is 10.3. The average molecular weight is 1030 g/mol.